The fraction of sp³-hybridized carbons (Fsp3) is 0.512. The van der Waals surface area contributed by atoms with Crippen LogP contribution >= 0.6 is 11.6 Å². The first-order valence-electron chi connectivity index (χ1n) is 17.4. The summed E-state index contributed by atoms with van der Waals surface area (Å²) in [5.41, 5.74) is 9.24. The second kappa shape index (κ2) is 18.3. The third-order valence-corrected chi connectivity index (χ3v) is 9.60. The van der Waals surface area contributed by atoms with Crippen molar-refractivity contribution in [3.8, 4) is 23.6 Å². The number of hydrogen-bond acceptors (Lipinski definition) is 3. The minimum absolute atomic E-state index is 0.290. The lowest BCUT2D eigenvalue weighted by Crippen LogP contribution is -2.26. The number of hydrogen-bond donors (Lipinski definition) is 0. The lowest BCUT2D eigenvalue weighted by atomic mass is 9.87. The van der Waals surface area contributed by atoms with Gasteiger partial charge in [0, 0.05) is 28.9 Å². The van der Waals surface area contributed by atoms with E-state index in [2.05, 4.69) is 67.6 Å². The van der Waals surface area contributed by atoms with Crippen LogP contribution < -0.4 is 0 Å². The summed E-state index contributed by atoms with van der Waals surface area (Å²) in [5.74, 6) is 3.16. The smallest absolute Gasteiger partial charge is 0.170 e. The van der Waals surface area contributed by atoms with E-state index in [0.717, 1.165) is 70.7 Å². The second-order valence-electron chi connectivity index (χ2n) is 13.0. The predicted molar refractivity (Wildman–Crippen MR) is 200 cm³/mol. The molecule has 6 heteroatoms. The number of aromatic nitrogens is 2. The Labute approximate surface area is 289 Å². The molecule has 1 aliphatic carbocycles. The van der Waals surface area contributed by atoms with Gasteiger partial charge in [-0.1, -0.05) is 64.3 Å². The molecule has 3 atom stereocenters. The lowest BCUT2D eigenvalue weighted by molar-refractivity contribution is -0.497. The Kier molecular flexibility index (Phi) is 14.8. The van der Waals surface area contributed by atoms with Crippen molar-refractivity contribution in [1.29, 1.82) is 0 Å². The molecular weight excluding hydrogens is 603 g/mol. The zero-order valence-corrected chi connectivity index (χ0v) is 30.9. The van der Waals surface area contributed by atoms with Gasteiger partial charge in [0.25, 0.3) is 0 Å². The summed E-state index contributed by atoms with van der Waals surface area (Å²) in [6.07, 6.45) is 21.1. The Balaban J connectivity index is 2.08. The van der Waals surface area contributed by atoms with Crippen molar-refractivity contribution in [2.75, 3.05) is 13.6 Å². The minimum Gasteiger partial charge on any atom is -0.260 e. The third kappa shape index (κ3) is 10.1. The van der Waals surface area contributed by atoms with Crippen LogP contribution in [0.15, 0.2) is 58.4 Å². The number of rotatable bonds is 16. The predicted octanol–water partition coefficient (Wildman–Crippen LogP) is 10.8. The number of pyridine rings is 2. The van der Waals surface area contributed by atoms with Crippen molar-refractivity contribution in [3.05, 3.63) is 80.9 Å². The third-order valence-electron chi connectivity index (χ3n) is 9.17. The van der Waals surface area contributed by atoms with Crippen molar-refractivity contribution in [2.24, 2.45) is 10.9 Å². The van der Waals surface area contributed by atoms with Crippen molar-refractivity contribution in [2.45, 2.75) is 118 Å². The van der Waals surface area contributed by atoms with Crippen LogP contribution in [-0.4, -0.2) is 46.2 Å². The molecular formula is C41H55ClFN4+. The normalized spacial score (nSPS) is 17.0. The molecule has 47 heavy (non-hydrogen) atoms. The van der Waals surface area contributed by atoms with E-state index < -0.39 is 12.1 Å². The number of terminal acetylenes is 1. The van der Waals surface area contributed by atoms with Gasteiger partial charge in [-0.25, -0.2) is 14.0 Å². The summed E-state index contributed by atoms with van der Waals surface area (Å²) in [4.78, 5) is 14.6. The second-order valence-corrected chi connectivity index (χ2v) is 13.4. The van der Waals surface area contributed by atoms with E-state index >= 15 is 4.39 Å². The average molecular weight is 658 g/mol. The van der Waals surface area contributed by atoms with Gasteiger partial charge in [-0.2, -0.15) is 0 Å². The summed E-state index contributed by atoms with van der Waals surface area (Å²) in [6, 6.07) is 4.09. The number of likely N-dealkylation sites (N-methyl/N-ethyl adjacent to an activating group) is 1. The number of alkyl halides is 1. The summed E-state index contributed by atoms with van der Waals surface area (Å²) < 4.78 is 18.3. The number of aryl methyl sites for hydroxylation is 1. The Morgan fingerprint density at radius 2 is 1.94 bits per heavy atom. The zero-order chi connectivity index (χ0) is 34.7. The van der Waals surface area contributed by atoms with E-state index in [1.54, 1.807) is 0 Å². The molecule has 2 aromatic heterocycles. The van der Waals surface area contributed by atoms with Gasteiger partial charge in [-0.15, -0.1) is 6.42 Å². The molecule has 1 aliphatic rings. The zero-order valence-electron chi connectivity index (χ0n) is 30.1. The number of allylic oxidation sites excluding steroid dienone is 6. The Morgan fingerprint density at radius 3 is 2.51 bits per heavy atom. The molecule has 2 aromatic rings. The molecule has 0 radical (unpaired) electrons. The van der Waals surface area contributed by atoms with Crippen LogP contribution in [0.5, 0.6) is 0 Å². The molecule has 3 unspecified atom stereocenters. The quantitative estimate of drug-likeness (QED) is 0.0780. The van der Waals surface area contributed by atoms with Crippen LogP contribution in [0.4, 0.5) is 4.39 Å². The highest BCUT2D eigenvalue weighted by atomic mass is 35.5. The first-order valence-corrected chi connectivity index (χ1v) is 17.8. The Hall–Kier alpha value is -3.36. The van der Waals surface area contributed by atoms with Crippen LogP contribution in [0.2, 0.25) is 5.02 Å². The molecule has 2 heterocycles. The van der Waals surface area contributed by atoms with Crippen molar-refractivity contribution >= 4 is 23.5 Å². The lowest BCUT2D eigenvalue weighted by Gasteiger charge is -2.24. The molecule has 0 bridgehead atoms. The standard InChI is InChI=1S/C41H55ClFN4/c1-11-17-35(43)34(26-47(10)25-30(14-4)23-28(8)36(15-5)45-37(16-6)31-19-20-31)39-24-33(27(7)13-3)29(9)41(46-39)32-21-22-44-38(18-12-2)40(32)42/h5,14,16,21-25,27,31,34-35H,11-13,17-20,26H2,1-4,6-10H3/q+1/b28-23-,30-14+,37-16-,45-36-,47-25?. The van der Waals surface area contributed by atoms with Gasteiger partial charge in [-0.05, 0) is 107 Å². The van der Waals surface area contributed by atoms with E-state index in [1.807, 2.05) is 53.1 Å². The maximum atomic E-state index is 16.2. The highest BCUT2D eigenvalue weighted by Gasteiger charge is 2.30. The molecule has 0 N–H and O–H groups in total. The van der Waals surface area contributed by atoms with E-state index in [9.17, 15) is 0 Å². The van der Waals surface area contributed by atoms with Crippen LogP contribution in [-0.2, 0) is 6.42 Å². The van der Waals surface area contributed by atoms with Crippen LogP contribution in [0.1, 0.15) is 121 Å². The van der Waals surface area contributed by atoms with Gasteiger partial charge in [0.2, 0.25) is 0 Å². The summed E-state index contributed by atoms with van der Waals surface area (Å²) in [5, 5.41) is 0.637. The molecule has 4 nitrogen and oxygen atoms in total. The fourth-order valence-electron chi connectivity index (χ4n) is 6.05. The number of nitrogens with zero attached hydrogens (tertiary/aromatic N) is 4. The average Bonchev–Trinajstić information content (AvgIpc) is 3.90. The van der Waals surface area contributed by atoms with Gasteiger partial charge >= 0.3 is 0 Å². The highest BCUT2D eigenvalue weighted by Crippen LogP contribution is 2.38. The molecule has 252 valence electrons. The van der Waals surface area contributed by atoms with Crippen LogP contribution in [0.3, 0.4) is 0 Å². The van der Waals surface area contributed by atoms with Gasteiger partial charge in [0.1, 0.15) is 18.9 Å². The summed E-state index contributed by atoms with van der Waals surface area (Å²) in [6.45, 7) is 17.2. The molecule has 1 fully saturated rings. The monoisotopic (exact) mass is 657 g/mol. The van der Waals surface area contributed by atoms with Crippen molar-refractivity contribution < 1.29 is 8.97 Å². The minimum atomic E-state index is -1.06. The fourth-order valence-corrected chi connectivity index (χ4v) is 6.35. The topological polar surface area (TPSA) is 41.1 Å². The van der Waals surface area contributed by atoms with Crippen molar-refractivity contribution in [3.63, 3.8) is 0 Å². The molecule has 0 spiro atoms. The van der Waals surface area contributed by atoms with E-state index in [0.29, 0.717) is 29.6 Å². The Bertz CT molecular complexity index is 1590. The van der Waals surface area contributed by atoms with Gasteiger partial charge in [0.05, 0.1) is 28.0 Å². The highest BCUT2D eigenvalue weighted by molar-refractivity contribution is 6.33. The Morgan fingerprint density at radius 1 is 1.21 bits per heavy atom. The molecule has 0 aromatic carbocycles. The molecule has 0 saturated heterocycles. The van der Waals surface area contributed by atoms with Gasteiger partial charge < -0.3 is 0 Å². The van der Waals surface area contributed by atoms with E-state index in [4.69, 9.17) is 28.0 Å². The number of aliphatic imine (C=N–C) groups is 1. The maximum Gasteiger partial charge on any atom is 0.170 e. The largest absolute Gasteiger partial charge is 0.260 e. The van der Waals surface area contributed by atoms with Crippen molar-refractivity contribution in [1.82, 2.24) is 9.97 Å². The number of halogens is 2. The van der Waals surface area contributed by atoms with Crippen LogP contribution in [0, 0.1) is 25.2 Å². The SMILES string of the molecule is C#CC(=N/C(=C\C)C1CC1)/C(C)=C\C(C=[N+](C)CC(c1cc(C(C)CC)c(C)c(-c2ccnc(CCC)c2Cl)n1)C(F)CCC)=C/C. The summed E-state index contributed by atoms with van der Waals surface area (Å²) in [7, 11) is 2.00. The van der Waals surface area contributed by atoms with Gasteiger partial charge in [0.15, 0.2) is 12.8 Å². The molecule has 0 amide bonds. The van der Waals surface area contributed by atoms with Crippen LogP contribution in [0.25, 0.3) is 11.3 Å². The maximum absolute atomic E-state index is 16.2. The van der Waals surface area contributed by atoms with E-state index in [-0.39, 0.29) is 5.92 Å². The summed E-state index contributed by atoms with van der Waals surface area (Å²) >= 11 is 6.96. The molecule has 0 aliphatic heterocycles. The van der Waals surface area contributed by atoms with Gasteiger partial charge in [-0.3, -0.25) is 9.97 Å². The first-order chi connectivity index (χ1) is 22.5. The molecule has 1 saturated carbocycles. The van der Waals surface area contributed by atoms with E-state index in [1.165, 1.54) is 18.4 Å². The first kappa shape index (κ1) is 38.1. The molecule has 3 rings (SSSR count).